The third-order valence-corrected chi connectivity index (χ3v) is 6.38. The van der Waals surface area contributed by atoms with Crippen LogP contribution in [0.3, 0.4) is 0 Å². The van der Waals surface area contributed by atoms with Crippen molar-refractivity contribution >= 4 is 28.6 Å². The van der Waals surface area contributed by atoms with Crippen LogP contribution in [0.1, 0.15) is 37.9 Å². The minimum Gasteiger partial charge on any atom is -0.486 e. The lowest BCUT2D eigenvalue weighted by Gasteiger charge is -2.21. The molecule has 29 heavy (non-hydrogen) atoms. The van der Waals surface area contributed by atoms with Crippen molar-refractivity contribution in [2.45, 2.75) is 33.4 Å². The first-order valence-corrected chi connectivity index (χ1v) is 11.3. The first-order chi connectivity index (χ1) is 14.1. The van der Waals surface area contributed by atoms with Crippen LogP contribution in [0.15, 0.2) is 41.1 Å². The van der Waals surface area contributed by atoms with Crippen molar-refractivity contribution in [2.75, 3.05) is 20.3 Å². The lowest BCUT2D eigenvalue weighted by Crippen LogP contribution is -2.31. The van der Waals surface area contributed by atoms with Gasteiger partial charge >= 0.3 is 0 Å². The number of aryl methyl sites for hydroxylation is 1. The van der Waals surface area contributed by atoms with E-state index in [1.165, 1.54) is 16.9 Å². The highest BCUT2D eigenvalue weighted by Crippen LogP contribution is 2.23. The fourth-order valence-electron chi connectivity index (χ4n) is 2.91. The number of nitrogens with zero attached hydrogens (tertiary/aromatic N) is 2. The van der Waals surface area contributed by atoms with E-state index >= 15 is 0 Å². The molecule has 5 nitrogen and oxygen atoms in total. The molecular weight excluding hydrogens is 404 g/mol. The molecule has 0 radical (unpaired) electrons. The average molecular weight is 431 g/mol. The van der Waals surface area contributed by atoms with Gasteiger partial charge in [-0.1, -0.05) is 18.2 Å². The quantitative estimate of drug-likeness (QED) is 0.421. The van der Waals surface area contributed by atoms with E-state index in [1.54, 1.807) is 18.4 Å². The van der Waals surface area contributed by atoms with Crippen LogP contribution in [0, 0.1) is 13.8 Å². The molecule has 0 saturated heterocycles. The summed E-state index contributed by atoms with van der Waals surface area (Å²) in [5.41, 5.74) is 3.24. The zero-order valence-electron chi connectivity index (χ0n) is 17.0. The Morgan fingerprint density at radius 3 is 2.79 bits per heavy atom. The number of thiazole rings is 1. The number of hydrogen-bond acceptors (Lipinski definition) is 6. The van der Waals surface area contributed by atoms with E-state index in [-0.39, 0.29) is 5.91 Å². The topological polar surface area (TPSA) is 51.7 Å². The molecule has 7 heteroatoms. The highest BCUT2D eigenvalue weighted by Gasteiger charge is 2.18. The smallest absolute Gasteiger partial charge is 0.264 e. The summed E-state index contributed by atoms with van der Waals surface area (Å²) in [7, 11) is 1.67. The van der Waals surface area contributed by atoms with Gasteiger partial charge < -0.3 is 14.4 Å². The summed E-state index contributed by atoms with van der Waals surface area (Å²) in [5.74, 6) is 0.924. The summed E-state index contributed by atoms with van der Waals surface area (Å²) < 4.78 is 11.1. The molecule has 0 aliphatic carbocycles. The second-order valence-corrected chi connectivity index (χ2v) is 8.66. The van der Waals surface area contributed by atoms with Crippen molar-refractivity contribution in [1.29, 1.82) is 0 Å². The molecule has 3 rings (SSSR count). The van der Waals surface area contributed by atoms with Crippen LogP contribution in [0.2, 0.25) is 0 Å². The molecule has 0 fully saturated rings. The second-order valence-electron chi connectivity index (χ2n) is 6.77. The maximum atomic E-state index is 12.8. The molecule has 0 saturated carbocycles. The van der Waals surface area contributed by atoms with Gasteiger partial charge in [0.2, 0.25) is 0 Å². The van der Waals surface area contributed by atoms with E-state index < -0.39 is 0 Å². The first-order valence-electron chi connectivity index (χ1n) is 9.52. The summed E-state index contributed by atoms with van der Waals surface area (Å²) in [6.45, 7) is 6.31. The Kier molecular flexibility index (Phi) is 7.80. The van der Waals surface area contributed by atoms with Gasteiger partial charge in [-0.25, -0.2) is 4.98 Å². The third kappa shape index (κ3) is 5.88. The van der Waals surface area contributed by atoms with Crippen molar-refractivity contribution in [1.82, 2.24) is 9.88 Å². The number of carbonyl (C=O) groups is 1. The van der Waals surface area contributed by atoms with Gasteiger partial charge in [0.05, 0.1) is 17.1 Å². The van der Waals surface area contributed by atoms with Crippen molar-refractivity contribution in [3.8, 4) is 5.75 Å². The highest BCUT2D eigenvalue weighted by atomic mass is 32.1. The average Bonchev–Trinajstić information content (AvgIpc) is 3.40. The number of methoxy groups -OCH3 is 1. The van der Waals surface area contributed by atoms with Crippen molar-refractivity contribution in [2.24, 2.45) is 0 Å². The molecule has 0 aliphatic heterocycles. The van der Waals surface area contributed by atoms with Gasteiger partial charge in [-0.05, 0) is 48.9 Å². The van der Waals surface area contributed by atoms with Crippen molar-refractivity contribution in [3.63, 3.8) is 0 Å². The van der Waals surface area contributed by atoms with Gasteiger partial charge in [0, 0.05) is 25.6 Å². The molecule has 0 bridgehead atoms. The van der Waals surface area contributed by atoms with Crippen LogP contribution >= 0.6 is 22.7 Å². The van der Waals surface area contributed by atoms with Crippen LogP contribution in [0.4, 0.5) is 0 Å². The van der Waals surface area contributed by atoms with Crippen molar-refractivity contribution in [3.05, 3.63) is 67.8 Å². The standard InChI is InChI=1S/C22H26N2O3S2/c1-16-7-4-8-19(17(16)2)27-14-21-23-18(15-29-21)13-24(10-6-11-26-3)22(25)20-9-5-12-28-20/h4-5,7-9,12,15H,6,10-11,13-14H2,1-3H3. The largest absolute Gasteiger partial charge is 0.486 e. The maximum Gasteiger partial charge on any atom is 0.264 e. The van der Waals surface area contributed by atoms with Gasteiger partial charge in [-0.2, -0.15) is 0 Å². The van der Waals surface area contributed by atoms with E-state index in [0.717, 1.165) is 33.3 Å². The Balaban J connectivity index is 1.63. The first kappa shape index (κ1) is 21.5. The van der Waals surface area contributed by atoms with E-state index in [0.29, 0.717) is 26.3 Å². The third-order valence-electron chi connectivity index (χ3n) is 4.65. The zero-order chi connectivity index (χ0) is 20.6. The molecule has 2 heterocycles. The Morgan fingerprint density at radius 1 is 1.17 bits per heavy atom. The molecule has 154 valence electrons. The second kappa shape index (κ2) is 10.5. The molecular formula is C22H26N2O3S2. The summed E-state index contributed by atoms with van der Waals surface area (Å²) in [4.78, 5) is 20.1. The Labute approximate surface area is 179 Å². The number of benzene rings is 1. The minimum atomic E-state index is 0.0392. The number of ether oxygens (including phenoxy) is 2. The number of hydrogen-bond donors (Lipinski definition) is 0. The number of amides is 1. The molecule has 0 spiro atoms. The van der Waals surface area contributed by atoms with Crippen molar-refractivity contribution < 1.29 is 14.3 Å². The molecule has 2 aromatic heterocycles. The van der Waals surface area contributed by atoms with Crippen LogP contribution in [0.25, 0.3) is 0 Å². The normalized spacial score (nSPS) is 10.9. The Hall–Kier alpha value is -2.22. The van der Waals surface area contributed by atoms with E-state index in [1.807, 2.05) is 39.9 Å². The summed E-state index contributed by atoms with van der Waals surface area (Å²) in [5, 5.41) is 4.83. The molecule has 0 N–H and O–H groups in total. The van der Waals surface area contributed by atoms with Gasteiger partial charge in [-0.3, -0.25) is 4.79 Å². The number of thiophene rings is 1. The predicted octanol–water partition coefficient (Wildman–Crippen LogP) is 5.08. The van der Waals surface area contributed by atoms with Crippen LogP contribution in [-0.4, -0.2) is 36.1 Å². The number of aromatic nitrogens is 1. The molecule has 0 unspecified atom stereocenters. The van der Waals surface area contributed by atoms with Gasteiger partial charge in [0.25, 0.3) is 5.91 Å². The van der Waals surface area contributed by atoms with Crippen LogP contribution in [0.5, 0.6) is 5.75 Å². The Morgan fingerprint density at radius 2 is 2.03 bits per heavy atom. The van der Waals surface area contributed by atoms with Gasteiger partial charge in [0.1, 0.15) is 17.4 Å². The Bertz CT molecular complexity index is 922. The van der Waals surface area contributed by atoms with Crippen LogP contribution < -0.4 is 4.74 Å². The van der Waals surface area contributed by atoms with Gasteiger partial charge in [0.15, 0.2) is 0 Å². The fourth-order valence-corrected chi connectivity index (χ4v) is 4.30. The summed E-state index contributed by atoms with van der Waals surface area (Å²) in [6.07, 6.45) is 0.792. The number of carbonyl (C=O) groups excluding carboxylic acids is 1. The maximum absolute atomic E-state index is 12.8. The highest BCUT2D eigenvalue weighted by molar-refractivity contribution is 7.12. The molecule has 1 amide bonds. The fraction of sp³-hybridized carbons (Fsp3) is 0.364. The minimum absolute atomic E-state index is 0.0392. The lowest BCUT2D eigenvalue weighted by atomic mass is 10.1. The predicted molar refractivity (Wildman–Crippen MR) is 118 cm³/mol. The van der Waals surface area contributed by atoms with E-state index in [2.05, 4.69) is 24.9 Å². The van der Waals surface area contributed by atoms with Crippen LogP contribution in [-0.2, 0) is 17.9 Å². The lowest BCUT2D eigenvalue weighted by molar-refractivity contribution is 0.0726. The summed E-state index contributed by atoms with van der Waals surface area (Å²) in [6, 6.07) is 9.82. The zero-order valence-corrected chi connectivity index (χ0v) is 18.6. The van der Waals surface area contributed by atoms with Gasteiger partial charge in [-0.15, -0.1) is 22.7 Å². The molecule has 0 aliphatic rings. The number of rotatable bonds is 10. The summed E-state index contributed by atoms with van der Waals surface area (Å²) >= 11 is 3.02. The SMILES string of the molecule is COCCCN(Cc1csc(COc2cccc(C)c2C)n1)C(=O)c1cccs1. The molecule has 3 aromatic rings. The monoisotopic (exact) mass is 430 g/mol. The molecule has 1 aromatic carbocycles. The van der Waals surface area contributed by atoms with E-state index in [9.17, 15) is 4.79 Å². The molecule has 0 atom stereocenters. The van der Waals surface area contributed by atoms with E-state index in [4.69, 9.17) is 9.47 Å².